The molecule has 3 saturated carbocycles. The van der Waals surface area contributed by atoms with Gasteiger partial charge in [-0.3, -0.25) is 0 Å². The topological polar surface area (TPSA) is 20.2 Å². The molecule has 29 heavy (non-hydrogen) atoms. The predicted molar refractivity (Wildman–Crippen MR) is 124 cm³/mol. The van der Waals surface area contributed by atoms with Crippen LogP contribution in [-0.2, 0) is 0 Å². The van der Waals surface area contributed by atoms with E-state index in [4.69, 9.17) is 0 Å². The minimum Gasteiger partial charge on any atom is -0.393 e. The van der Waals surface area contributed by atoms with Crippen LogP contribution < -0.4 is 0 Å². The Morgan fingerprint density at radius 2 is 1.62 bits per heavy atom. The molecule has 0 aromatic carbocycles. The van der Waals surface area contributed by atoms with E-state index < -0.39 is 0 Å². The lowest BCUT2D eigenvalue weighted by Crippen LogP contribution is -2.49. The van der Waals surface area contributed by atoms with Gasteiger partial charge < -0.3 is 5.11 Å². The third-order valence-corrected chi connectivity index (χ3v) is 10.5. The molecule has 4 aliphatic carbocycles. The van der Waals surface area contributed by atoms with Crippen molar-refractivity contribution in [2.75, 3.05) is 0 Å². The summed E-state index contributed by atoms with van der Waals surface area (Å²) in [7, 11) is 0. The summed E-state index contributed by atoms with van der Waals surface area (Å²) in [6.45, 7) is 14.7. The quantitative estimate of drug-likeness (QED) is 0.489. The van der Waals surface area contributed by atoms with Gasteiger partial charge in [-0.1, -0.05) is 65.3 Å². The fourth-order valence-corrected chi connectivity index (χ4v) is 8.10. The molecule has 0 spiro atoms. The zero-order chi connectivity index (χ0) is 21.0. The van der Waals surface area contributed by atoms with Gasteiger partial charge in [0.25, 0.3) is 0 Å². The lowest BCUT2D eigenvalue weighted by atomic mass is 9.47. The first-order valence-corrected chi connectivity index (χ1v) is 12.7. The van der Waals surface area contributed by atoms with E-state index >= 15 is 0 Å². The van der Waals surface area contributed by atoms with Crippen molar-refractivity contribution in [2.45, 2.75) is 99.0 Å². The summed E-state index contributed by atoms with van der Waals surface area (Å²) < 4.78 is 0. The number of hydrogen-bond acceptors (Lipinski definition) is 1. The van der Waals surface area contributed by atoms with Gasteiger partial charge in [0.15, 0.2) is 0 Å². The Hall–Kier alpha value is -0.560. The molecule has 0 amide bonds. The lowest BCUT2D eigenvalue weighted by Gasteiger charge is -2.57. The van der Waals surface area contributed by atoms with Gasteiger partial charge in [-0.05, 0) is 104 Å². The first-order chi connectivity index (χ1) is 13.7. The second kappa shape index (κ2) is 7.85. The Bertz CT molecular complexity index is 659. The highest BCUT2D eigenvalue weighted by molar-refractivity contribution is 5.28. The molecule has 0 aromatic rings. The average Bonchev–Trinajstić information content (AvgIpc) is 3.03. The van der Waals surface area contributed by atoms with Crippen LogP contribution in [0.15, 0.2) is 23.8 Å². The summed E-state index contributed by atoms with van der Waals surface area (Å²) in [6.07, 6.45) is 17.8. The van der Waals surface area contributed by atoms with Crippen molar-refractivity contribution in [1.29, 1.82) is 0 Å². The smallest absolute Gasteiger partial charge is 0.0543 e. The number of hydrogen-bond donors (Lipinski definition) is 1. The van der Waals surface area contributed by atoms with Gasteiger partial charge in [-0.25, -0.2) is 0 Å². The summed E-state index contributed by atoms with van der Waals surface area (Å²) >= 11 is 0. The summed E-state index contributed by atoms with van der Waals surface area (Å²) in [4.78, 5) is 0. The molecule has 0 aromatic heterocycles. The van der Waals surface area contributed by atoms with Gasteiger partial charge in [-0.2, -0.15) is 0 Å². The number of allylic oxidation sites excluding steroid dienone is 4. The molecule has 164 valence electrons. The van der Waals surface area contributed by atoms with Crippen LogP contribution in [0.2, 0.25) is 0 Å². The minimum atomic E-state index is -0.0476. The number of aliphatic hydroxyl groups is 1. The van der Waals surface area contributed by atoms with E-state index in [2.05, 4.69) is 59.8 Å². The maximum absolute atomic E-state index is 10.2. The van der Waals surface area contributed by atoms with Gasteiger partial charge in [0.05, 0.1) is 6.10 Å². The van der Waals surface area contributed by atoms with Crippen molar-refractivity contribution >= 4 is 0 Å². The molecule has 0 unspecified atom stereocenters. The molecule has 1 nitrogen and oxygen atoms in total. The van der Waals surface area contributed by atoms with Gasteiger partial charge in [0.1, 0.15) is 0 Å². The summed E-state index contributed by atoms with van der Waals surface area (Å²) in [5.41, 5.74) is 2.79. The number of aliphatic hydroxyl groups excluding tert-OH is 1. The fraction of sp³-hybridized carbons (Fsp3) is 0.857. The van der Waals surface area contributed by atoms with Crippen LogP contribution in [0.5, 0.6) is 0 Å². The minimum absolute atomic E-state index is 0.0476. The van der Waals surface area contributed by atoms with Crippen LogP contribution in [0.25, 0.3) is 0 Å². The molecule has 1 heteroatoms. The van der Waals surface area contributed by atoms with E-state index in [0.717, 1.165) is 36.5 Å². The van der Waals surface area contributed by atoms with E-state index in [1.54, 1.807) is 0 Å². The SMILES string of the molecule is CC(C)[C@@H](C)/C=C/[C@@H](C)[C@H]1CC[C@H]2C3=CC[C@@H]4C[C@H](O)CC[C@]4(C)[C@H]3CC[C@]12C. The van der Waals surface area contributed by atoms with Crippen molar-refractivity contribution in [2.24, 2.45) is 52.3 Å². The first kappa shape index (κ1) is 21.7. The number of fused-ring (bicyclic) bond motifs is 5. The normalized spacial score (nSPS) is 46.8. The molecule has 0 saturated heterocycles. The molecule has 4 aliphatic rings. The molecule has 3 fully saturated rings. The van der Waals surface area contributed by atoms with Crippen molar-refractivity contribution < 1.29 is 5.11 Å². The predicted octanol–water partition coefficient (Wildman–Crippen LogP) is 7.41. The Balaban J connectivity index is 1.54. The second-order valence-corrected chi connectivity index (χ2v) is 12.3. The molecule has 4 rings (SSSR count). The average molecular weight is 399 g/mol. The Labute approximate surface area is 180 Å². The third-order valence-electron chi connectivity index (χ3n) is 10.5. The van der Waals surface area contributed by atoms with E-state index in [-0.39, 0.29) is 6.10 Å². The van der Waals surface area contributed by atoms with Crippen LogP contribution in [0.1, 0.15) is 92.9 Å². The van der Waals surface area contributed by atoms with Crippen molar-refractivity contribution in [1.82, 2.24) is 0 Å². The van der Waals surface area contributed by atoms with Crippen molar-refractivity contribution in [3.63, 3.8) is 0 Å². The highest BCUT2D eigenvalue weighted by Crippen LogP contribution is 2.66. The maximum Gasteiger partial charge on any atom is 0.0543 e. The molecule has 0 bridgehead atoms. The second-order valence-electron chi connectivity index (χ2n) is 12.3. The first-order valence-electron chi connectivity index (χ1n) is 12.7. The van der Waals surface area contributed by atoms with Crippen LogP contribution in [-0.4, -0.2) is 11.2 Å². The molecule has 0 radical (unpaired) electrons. The van der Waals surface area contributed by atoms with Gasteiger partial charge in [-0.15, -0.1) is 0 Å². The Morgan fingerprint density at radius 1 is 0.931 bits per heavy atom. The van der Waals surface area contributed by atoms with E-state index in [9.17, 15) is 5.11 Å². The Kier molecular flexibility index (Phi) is 5.86. The standard InChI is InChI=1S/C28H46O/c1-18(2)19(3)7-8-20(4)24-11-12-25-23-10-9-21-17-22(29)13-15-27(21,5)26(23)14-16-28(24,25)6/h7-8,10,18-22,24-26,29H,9,11-17H2,1-6H3/b8-7+/t19-,20+,21+,22+,24+,25-,26-,27-,28+/m0/s1. The summed E-state index contributed by atoms with van der Waals surface area (Å²) in [5.74, 6) is 5.25. The molecule has 1 N–H and O–H groups in total. The fourth-order valence-electron chi connectivity index (χ4n) is 8.10. The highest BCUT2D eigenvalue weighted by atomic mass is 16.3. The largest absolute Gasteiger partial charge is 0.393 e. The van der Waals surface area contributed by atoms with E-state index in [0.29, 0.717) is 28.6 Å². The van der Waals surface area contributed by atoms with Crippen molar-refractivity contribution in [3.8, 4) is 0 Å². The van der Waals surface area contributed by atoms with Crippen LogP contribution in [0.3, 0.4) is 0 Å². The van der Waals surface area contributed by atoms with Gasteiger partial charge in [0.2, 0.25) is 0 Å². The van der Waals surface area contributed by atoms with E-state index in [1.807, 2.05) is 5.57 Å². The zero-order valence-electron chi connectivity index (χ0n) is 20.0. The van der Waals surface area contributed by atoms with Gasteiger partial charge >= 0.3 is 0 Å². The summed E-state index contributed by atoms with van der Waals surface area (Å²) in [5, 5.41) is 10.2. The van der Waals surface area contributed by atoms with Crippen LogP contribution in [0, 0.1) is 52.3 Å². The van der Waals surface area contributed by atoms with Crippen molar-refractivity contribution in [3.05, 3.63) is 23.8 Å². The lowest BCUT2D eigenvalue weighted by molar-refractivity contribution is -0.0414. The molecular formula is C28H46O. The highest BCUT2D eigenvalue weighted by Gasteiger charge is 2.57. The van der Waals surface area contributed by atoms with Gasteiger partial charge in [0, 0.05) is 0 Å². The van der Waals surface area contributed by atoms with Crippen LogP contribution >= 0.6 is 0 Å². The zero-order valence-corrected chi connectivity index (χ0v) is 20.0. The maximum atomic E-state index is 10.2. The molecular weight excluding hydrogens is 352 g/mol. The monoisotopic (exact) mass is 398 g/mol. The molecule has 0 aliphatic heterocycles. The molecule has 9 atom stereocenters. The Morgan fingerprint density at radius 3 is 2.34 bits per heavy atom. The molecule has 0 heterocycles. The summed E-state index contributed by atoms with van der Waals surface area (Å²) in [6, 6.07) is 0. The third kappa shape index (κ3) is 3.58. The number of rotatable bonds is 4. The van der Waals surface area contributed by atoms with E-state index in [1.165, 1.54) is 38.5 Å². The van der Waals surface area contributed by atoms with Crippen LogP contribution in [0.4, 0.5) is 0 Å².